The lowest BCUT2D eigenvalue weighted by atomic mass is 9.92. The Morgan fingerprint density at radius 1 is 1.20 bits per heavy atom. The van der Waals surface area contributed by atoms with E-state index in [1.807, 2.05) is 25.1 Å². The van der Waals surface area contributed by atoms with E-state index < -0.39 is 0 Å². The van der Waals surface area contributed by atoms with Gasteiger partial charge >= 0.3 is 0 Å². The Morgan fingerprint density at radius 3 is 2.67 bits per heavy atom. The number of ether oxygens (including phenoxy) is 1. The minimum Gasteiger partial charge on any atom is -0.455 e. The second-order valence-corrected chi connectivity index (χ2v) is 7.12. The first-order valence-electron chi connectivity index (χ1n) is 9.47. The van der Waals surface area contributed by atoms with Crippen molar-refractivity contribution < 1.29 is 14.3 Å². The van der Waals surface area contributed by atoms with Crippen LogP contribution in [0.5, 0.6) is 11.5 Å². The topological polar surface area (TPSA) is 92.4 Å². The fraction of sp³-hybridized carbons (Fsp3) is 0.381. The number of rotatable bonds is 5. The zero-order valence-electron chi connectivity index (χ0n) is 17.2. The molecule has 1 aliphatic heterocycles. The third-order valence-electron chi connectivity index (χ3n) is 4.81. The molecule has 0 saturated carbocycles. The summed E-state index contributed by atoms with van der Waals surface area (Å²) in [6.45, 7) is 4.89. The monoisotopic (exact) mass is 454 g/mol. The average molecular weight is 455 g/mol. The van der Waals surface area contributed by atoms with E-state index >= 15 is 0 Å². The number of nitrogens with zero attached hydrogens (tertiary/aromatic N) is 1. The van der Waals surface area contributed by atoms with Gasteiger partial charge in [-0.3, -0.25) is 14.6 Å². The Hall–Kier alpha value is -2.35. The molecule has 1 aromatic carbocycles. The number of aryl methyl sites for hydroxylation is 1. The average Bonchev–Trinajstić information content (AvgIpc) is 2.69. The number of amides is 2. The van der Waals surface area contributed by atoms with Crippen LogP contribution in [-0.4, -0.2) is 36.4 Å². The molecule has 1 saturated heterocycles. The first-order valence-corrected chi connectivity index (χ1v) is 9.47. The lowest BCUT2D eigenvalue weighted by molar-refractivity contribution is -0.120. The minimum absolute atomic E-state index is 0. The number of hydrogen-bond acceptors (Lipinski definition) is 5. The number of pyridine rings is 1. The SMILES string of the molecule is CNC(=O)c1cc(Oc2cc(C)ccc2NC(=O)[C@H]2CCN[C@@H](C)C2)ccn1.Cl.Cl. The van der Waals surface area contributed by atoms with Crippen molar-refractivity contribution in [3.05, 3.63) is 47.8 Å². The van der Waals surface area contributed by atoms with E-state index in [9.17, 15) is 9.59 Å². The highest BCUT2D eigenvalue weighted by Gasteiger charge is 2.25. The number of nitrogens with one attached hydrogen (secondary N) is 3. The Labute approximate surface area is 189 Å². The van der Waals surface area contributed by atoms with Crippen LogP contribution in [0, 0.1) is 12.8 Å². The van der Waals surface area contributed by atoms with Crippen LogP contribution in [0.25, 0.3) is 0 Å². The van der Waals surface area contributed by atoms with Crippen molar-refractivity contribution >= 4 is 42.3 Å². The van der Waals surface area contributed by atoms with E-state index in [-0.39, 0.29) is 48.2 Å². The summed E-state index contributed by atoms with van der Waals surface area (Å²) in [5, 5.41) is 8.91. The molecule has 1 aliphatic rings. The largest absolute Gasteiger partial charge is 0.455 e. The van der Waals surface area contributed by atoms with Crippen LogP contribution in [0.4, 0.5) is 5.69 Å². The summed E-state index contributed by atoms with van der Waals surface area (Å²) in [6, 6.07) is 9.21. The molecule has 7 nitrogen and oxygen atoms in total. The first-order chi connectivity index (χ1) is 13.5. The van der Waals surface area contributed by atoms with Gasteiger partial charge in [-0.25, -0.2) is 0 Å². The Morgan fingerprint density at radius 2 is 1.97 bits per heavy atom. The van der Waals surface area contributed by atoms with Gasteiger partial charge in [0.1, 0.15) is 11.4 Å². The van der Waals surface area contributed by atoms with Gasteiger partial charge < -0.3 is 20.7 Å². The first kappa shape index (κ1) is 25.7. The molecule has 2 atom stereocenters. The second-order valence-electron chi connectivity index (χ2n) is 7.12. The number of piperidine rings is 1. The van der Waals surface area contributed by atoms with Gasteiger partial charge in [0.05, 0.1) is 5.69 Å². The molecule has 3 N–H and O–H groups in total. The van der Waals surface area contributed by atoms with Crippen LogP contribution in [0.3, 0.4) is 0 Å². The molecule has 0 radical (unpaired) electrons. The zero-order chi connectivity index (χ0) is 20.1. The van der Waals surface area contributed by atoms with Gasteiger partial charge in [0.15, 0.2) is 5.75 Å². The van der Waals surface area contributed by atoms with Gasteiger partial charge in [0.25, 0.3) is 5.91 Å². The van der Waals surface area contributed by atoms with Crippen molar-refractivity contribution in [1.29, 1.82) is 0 Å². The molecule has 0 aliphatic carbocycles. The molecule has 0 unspecified atom stereocenters. The summed E-state index contributed by atoms with van der Waals surface area (Å²) in [5.41, 5.74) is 1.88. The Kier molecular flexibility index (Phi) is 10.0. The minimum atomic E-state index is -0.289. The van der Waals surface area contributed by atoms with E-state index in [0.29, 0.717) is 23.2 Å². The van der Waals surface area contributed by atoms with Gasteiger partial charge in [-0.2, -0.15) is 0 Å². The standard InChI is InChI=1S/C21H26N4O3.2ClH/c1-13-4-5-17(25-20(26)15-6-8-23-14(2)11-15)19(10-13)28-16-7-9-24-18(12-16)21(27)22-3;;/h4-5,7,9-10,12,14-15,23H,6,8,11H2,1-3H3,(H,22,27)(H,25,26);2*1H/t14-,15-;;/m0../s1. The van der Waals surface area contributed by atoms with Crippen molar-refractivity contribution in [1.82, 2.24) is 15.6 Å². The molecule has 0 bridgehead atoms. The summed E-state index contributed by atoms with van der Waals surface area (Å²) < 4.78 is 5.99. The van der Waals surface area contributed by atoms with Crippen LogP contribution in [0.2, 0.25) is 0 Å². The van der Waals surface area contributed by atoms with Crippen LogP contribution >= 0.6 is 24.8 Å². The third-order valence-corrected chi connectivity index (χ3v) is 4.81. The molecule has 30 heavy (non-hydrogen) atoms. The number of halogens is 2. The molecule has 164 valence electrons. The summed E-state index contributed by atoms with van der Waals surface area (Å²) in [7, 11) is 1.55. The number of hydrogen-bond donors (Lipinski definition) is 3. The molecule has 0 spiro atoms. The van der Waals surface area contributed by atoms with Gasteiger partial charge in [0, 0.05) is 31.3 Å². The maximum Gasteiger partial charge on any atom is 0.269 e. The van der Waals surface area contributed by atoms with Crippen molar-refractivity contribution in [2.24, 2.45) is 5.92 Å². The summed E-state index contributed by atoms with van der Waals surface area (Å²) in [4.78, 5) is 28.6. The van der Waals surface area contributed by atoms with Crippen molar-refractivity contribution in [2.45, 2.75) is 32.7 Å². The molecule has 2 heterocycles. The number of aromatic nitrogens is 1. The van der Waals surface area contributed by atoms with E-state index in [1.165, 1.54) is 6.20 Å². The van der Waals surface area contributed by atoms with Crippen molar-refractivity contribution in [3.63, 3.8) is 0 Å². The van der Waals surface area contributed by atoms with Crippen LogP contribution in [0.1, 0.15) is 35.8 Å². The Bertz CT molecular complexity index is 879. The predicted octanol–water partition coefficient (Wildman–Crippen LogP) is 3.71. The number of benzene rings is 1. The Balaban J connectivity index is 0.00000225. The number of anilines is 1. The van der Waals surface area contributed by atoms with Gasteiger partial charge in [-0.05, 0) is 57.0 Å². The van der Waals surface area contributed by atoms with Crippen molar-refractivity contribution in [2.75, 3.05) is 18.9 Å². The highest BCUT2D eigenvalue weighted by Crippen LogP contribution is 2.31. The molecule has 2 aromatic rings. The molecule has 2 amide bonds. The summed E-state index contributed by atoms with van der Waals surface area (Å²) in [6.07, 6.45) is 3.15. The smallest absolute Gasteiger partial charge is 0.269 e. The third kappa shape index (κ3) is 6.58. The fourth-order valence-corrected chi connectivity index (χ4v) is 3.28. The van der Waals surface area contributed by atoms with Gasteiger partial charge in [-0.1, -0.05) is 6.07 Å². The van der Waals surface area contributed by atoms with Crippen molar-refractivity contribution in [3.8, 4) is 11.5 Å². The zero-order valence-corrected chi connectivity index (χ0v) is 18.9. The number of carbonyl (C=O) groups is 2. The molecule has 9 heteroatoms. The molecule has 3 rings (SSSR count). The fourth-order valence-electron chi connectivity index (χ4n) is 3.28. The van der Waals surface area contributed by atoms with E-state index in [1.54, 1.807) is 19.2 Å². The van der Waals surface area contributed by atoms with Crippen LogP contribution < -0.4 is 20.7 Å². The molecule has 1 aromatic heterocycles. The normalized spacial score (nSPS) is 17.7. The quantitative estimate of drug-likeness (QED) is 0.640. The lowest BCUT2D eigenvalue weighted by Crippen LogP contribution is -2.40. The van der Waals surface area contributed by atoms with Gasteiger partial charge in [-0.15, -0.1) is 24.8 Å². The maximum absolute atomic E-state index is 12.7. The van der Waals surface area contributed by atoms with E-state index in [2.05, 4.69) is 27.9 Å². The summed E-state index contributed by atoms with van der Waals surface area (Å²) >= 11 is 0. The second kappa shape index (κ2) is 11.7. The van der Waals surface area contributed by atoms with Crippen LogP contribution in [0.15, 0.2) is 36.5 Å². The van der Waals surface area contributed by atoms with Crippen LogP contribution in [-0.2, 0) is 4.79 Å². The molecular formula is C21H28Cl2N4O3. The maximum atomic E-state index is 12.7. The predicted molar refractivity (Wildman–Crippen MR) is 122 cm³/mol. The highest BCUT2D eigenvalue weighted by molar-refractivity contribution is 5.94. The molecule has 1 fully saturated rings. The lowest BCUT2D eigenvalue weighted by Gasteiger charge is -2.27. The number of carbonyl (C=O) groups excluding carboxylic acids is 2. The van der Waals surface area contributed by atoms with E-state index in [0.717, 1.165) is 24.9 Å². The highest BCUT2D eigenvalue weighted by atomic mass is 35.5. The molecular weight excluding hydrogens is 427 g/mol. The van der Waals surface area contributed by atoms with Gasteiger partial charge in [0.2, 0.25) is 5.91 Å². The summed E-state index contributed by atoms with van der Waals surface area (Å²) in [5.74, 6) is 0.701. The van der Waals surface area contributed by atoms with E-state index in [4.69, 9.17) is 4.74 Å².